The van der Waals surface area contributed by atoms with Crippen LogP contribution in [0.2, 0.25) is 5.15 Å². The number of aryl methyl sites for hydroxylation is 1. The van der Waals surface area contributed by atoms with Crippen molar-refractivity contribution in [3.05, 3.63) is 52.4 Å². The lowest BCUT2D eigenvalue weighted by Gasteiger charge is -2.09. The number of hydrogen-bond acceptors (Lipinski definition) is 3. The second-order valence-corrected chi connectivity index (χ2v) is 4.66. The Labute approximate surface area is 112 Å². The fourth-order valence-electron chi connectivity index (χ4n) is 1.80. The zero-order valence-electron chi connectivity index (χ0n) is 10.6. The summed E-state index contributed by atoms with van der Waals surface area (Å²) < 4.78 is 0. The van der Waals surface area contributed by atoms with E-state index in [-0.39, 0.29) is 0 Å². The fourth-order valence-corrected chi connectivity index (χ4v) is 1.93. The molecular formula is C14H16ClN3. The highest BCUT2D eigenvalue weighted by molar-refractivity contribution is 6.30. The van der Waals surface area contributed by atoms with Gasteiger partial charge in [-0.25, -0.2) is 9.97 Å². The van der Waals surface area contributed by atoms with Gasteiger partial charge in [-0.05, 0) is 25.8 Å². The summed E-state index contributed by atoms with van der Waals surface area (Å²) in [7, 11) is 0. The van der Waals surface area contributed by atoms with Crippen molar-refractivity contribution in [3.63, 3.8) is 0 Å². The molecule has 2 aromatic rings. The highest BCUT2D eigenvalue weighted by Gasteiger charge is 2.03. The predicted octanol–water partition coefficient (Wildman–Crippen LogP) is 3.40. The first-order valence-corrected chi connectivity index (χ1v) is 6.31. The molecule has 0 fully saturated rings. The number of rotatable bonds is 4. The van der Waals surface area contributed by atoms with Crippen molar-refractivity contribution < 1.29 is 0 Å². The minimum atomic E-state index is 0.503. The molecule has 0 aliphatic rings. The standard InChI is InChI=1S/C14H16ClN3/c1-10-4-3-5-12(8-10)6-7-16-14-11(2)13(15)17-9-18-14/h3-5,8-9H,6-7H2,1-2H3,(H,16,17,18). The number of halogens is 1. The summed E-state index contributed by atoms with van der Waals surface area (Å²) >= 11 is 5.94. The minimum Gasteiger partial charge on any atom is -0.369 e. The quantitative estimate of drug-likeness (QED) is 0.858. The summed E-state index contributed by atoms with van der Waals surface area (Å²) in [5.74, 6) is 0.808. The second-order valence-electron chi connectivity index (χ2n) is 4.30. The van der Waals surface area contributed by atoms with Crippen molar-refractivity contribution in [1.29, 1.82) is 0 Å². The van der Waals surface area contributed by atoms with Crippen LogP contribution in [0.1, 0.15) is 16.7 Å². The molecule has 1 aromatic carbocycles. The molecule has 4 heteroatoms. The number of benzene rings is 1. The molecule has 0 unspecified atom stereocenters. The third kappa shape index (κ3) is 3.20. The average molecular weight is 262 g/mol. The van der Waals surface area contributed by atoms with E-state index in [9.17, 15) is 0 Å². The maximum absolute atomic E-state index is 5.94. The average Bonchev–Trinajstić information content (AvgIpc) is 2.35. The molecule has 1 aromatic heterocycles. The smallest absolute Gasteiger partial charge is 0.137 e. The van der Waals surface area contributed by atoms with Crippen molar-refractivity contribution in [2.24, 2.45) is 0 Å². The van der Waals surface area contributed by atoms with Gasteiger partial charge in [0.25, 0.3) is 0 Å². The molecule has 1 N–H and O–H groups in total. The Bertz CT molecular complexity index is 540. The van der Waals surface area contributed by atoms with Crippen LogP contribution in [0.3, 0.4) is 0 Å². The van der Waals surface area contributed by atoms with Crippen molar-refractivity contribution in [1.82, 2.24) is 9.97 Å². The molecule has 0 aliphatic carbocycles. The van der Waals surface area contributed by atoms with E-state index in [0.29, 0.717) is 5.15 Å². The Morgan fingerprint density at radius 1 is 1.22 bits per heavy atom. The van der Waals surface area contributed by atoms with Crippen molar-refractivity contribution >= 4 is 17.4 Å². The molecule has 1 heterocycles. The lowest BCUT2D eigenvalue weighted by molar-refractivity contribution is 0.989. The van der Waals surface area contributed by atoms with E-state index in [1.54, 1.807) is 0 Å². The first-order valence-electron chi connectivity index (χ1n) is 5.93. The van der Waals surface area contributed by atoms with Gasteiger partial charge in [-0.3, -0.25) is 0 Å². The molecule has 0 radical (unpaired) electrons. The summed E-state index contributed by atoms with van der Waals surface area (Å²) in [6.07, 6.45) is 2.44. The highest BCUT2D eigenvalue weighted by Crippen LogP contribution is 2.17. The second kappa shape index (κ2) is 5.83. The molecule has 0 saturated carbocycles. The SMILES string of the molecule is Cc1cccc(CCNc2ncnc(Cl)c2C)c1. The van der Waals surface area contributed by atoms with Gasteiger partial charge in [0.1, 0.15) is 17.3 Å². The van der Waals surface area contributed by atoms with E-state index >= 15 is 0 Å². The van der Waals surface area contributed by atoms with Crippen molar-refractivity contribution in [3.8, 4) is 0 Å². The van der Waals surface area contributed by atoms with Gasteiger partial charge in [-0.2, -0.15) is 0 Å². The van der Waals surface area contributed by atoms with E-state index in [2.05, 4.69) is 46.5 Å². The first kappa shape index (κ1) is 12.8. The molecule has 0 saturated heterocycles. The first-order chi connectivity index (χ1) is 8.66. The predicted molar refractivity (Wildman–Crippen MR) is 75.2 cm³/mol. The molecule has 18 heavy (non-hydrogen) atoms. The van der Waals surface area contributed by atoms with Crippen LogP contribution >= 0.6 is 11.6 Å². The van der Waals surface area contributed by atoms with Gasteiger partial charge >= 0.3 is 0 Å². The number of nitrogens with zero attached hydrogens (tertiary/aromatic N) is 2. The van der Waals surface area contributed by atoms with Crippen LogP contribution in [0.4, 0.5) is 5.82 Å². The lowest BCUT2D eigenvalue weighted by atomic mass is 10.1. The highest BCUT2D eigenvalue weighted by atomic mass is 35.5. The molecule has 0 aliphatic heterocycles. The van der Waals surface area contributed by atoms with Crippen LogP contribution < -0.4 is 5.32 Å². The minimum absolute atomic E-state index is 0.503. The maximum Gasteiger partial charge on any atom is 0.137 e. The van der Waals surface area contributed by atoms with Crippen LogP contribution in [-0.2, 0) is 6.42 Å². The summed E-state index contributed by atoms with van der Waals surface area (Å²) in [5, 5.41) is 3.79. The molecule has 0 atom stereocenters. The topological polar surface area (TPSA) is 37.8 Å². The molecular weight excluding hydrogens is 246 g/mol. The van der Waals surface area contributed by atoms with Crippen LogP contribution in [0, 0.1) is 13.8 Å². The molecule has 3 nitrogen and oxygen atoms in total. The van der Waals surface area contributed by atoms with Crippen LogP contribution in [0.15, 0.2) is 30.6 Å². The van der Waals surface area contributed by atoms with E-state index in [4.69, 9.17) is 11.6 Å². The lowest BCUT2D eigenvalue weighted by Crippen LogP contribution is -2.08. The third-order valence-corrected chi connectivity index (χ3v) is 3.19. The Kier molecular flexibility index (Phi) is 4.15. The van der Waals surface area contributed by atoms with Crippen LogP contribution in [-0.4, -0.2) is 16.5 Å². The van der Waals surface area contributed by atoms with Crippen molar-refractivity contribution in [2.45, 2.75) is 20.3 Å². The number of aromatic nitrogens is 2. The van der Waals surface area contributed by atoms with Gasteiger partial charge < -0.3 is 5.32 Å². The van der Waals surface area contributed by atoms with Crippen molar-refractivity contribution in [2.75, 3.05) is 11.9 Å². The third-order valence-electron chi connectivity index (χ3n) is 2.81. The monoisotopic (exact) mass is 261 g/mol. The fraction of sp³-hybridized carbons (Fsp3) is 0.286. The van der Waals surface area contributed by atoms with Gasteiger partial charge in [0.05, 0.1) is 0 Å². The van der Waals surface area contributed by atoms with Crippen LogP contribution in [0.25, 0.3) is 0 Å². The molecule has 2 rings (SSSR count). The normalized spacial score (nSPS) is 10.4. The van der Waals surface area contributed by atoms with Gasteiger partial charge in [0.15, 0.2) is 0 Å². The Balaban J connectivity index is 1.94. The van der Waals surface area contributed by atoms with E-state index < -0.39 is 0 Å². The number of anilines is 1. The Hall–Kier alpha value is -1.61. The number of nitrogens with one attached hydrogen (secondary N) is 1. The summed E-state index contributed by atoms with van der Waals surface area (Å²) in [6, 6.07) is 8.51. The van der Waals surface area contributed by atoms with Gasteiger partial charge in [0.2, 0.25) is 0 Å². The Morgan fingerprint density at radius 2 is 2.06 bits per heavy atom. The molecule has 94 valence electrons. The van der Waals surface area contributed by atoms with E-state index in [1.807, 2.05) is 6.92 Å². The molecule has 0 amide bonds. The zero-order valence-corrected chi connectivity index (χ0v) is 11.3. The van der Waals surface area contributed by atoms with Gasteiger partial charge in [0, 0.05) is 12.1 Å². The number of hydrogen-bond donors (Lipinski definition) is 1. The molecule has 0 bridgehead atoms. The van der Waals surface area contributed by atoms with Crippen LogP contribution in [0.5, 0.6) is 0 Å². The maximum atomic E-state index is 5.94. The summed E-state index contributed by atoms with van der Waals surface area (Å²) in [6.45, 7) is 4.85. The summed E-state index contributed by atoms with van der Waals surface area (Å²) in [4.78, 5) is 8.11. The molecule has 0 spiro atoms. The Morgan fingerprint density at radius 3 is 2.83 bits per heavy atom. The van der Waals surface area contributed by atoms with E-state index in [1.165, 1.54) is 17.5 Å². The van der Waals surface area contributed by atoms with Gasteiger partial charge in [-0.1, -0.05) is 41.4 Å². The zero-order chi connectivity index (χ0) is 13.0. The van der Waals surface area contributed by atoms with E-state index in [0.717, 1.165) is 24.3 Å². The summed E-state index contributed by atoms with van der Waals surface area (Å²) in [5.41, 5.74) is 3.50. The largest absolute Gasteiger partial charge is 0.369 e. The van der Waals surface area contributed by atoms with Gasteiger partial charge in [-0.15, -0.1) is 0 Å².